The Labute approximate surface area is 125 Å². The van der Waals surface area contributed by atoms with E-state index in [1.807, 2.05) is 32.9 Å². The van der Waals surface area contributed by atoms with E-state index in [1.54, 1.807) is 13.2 Å². The Balaban J connectivity index is 2.73. The third kappa shape index (κ3) is 5.24. The summed E-state index contributed by atoms with van der Waals surface area (Å²) in [5, 5.41) is 15.2. The quantitative estimate of drug-likeness (QED) is 0.294. The minimum atomic E-state index is -0.213. The number of nitrogens with one attached hydrogen (secondary N) is 1. The van der Waals surface area contributed by atoms with Crippen molar-refractivity contribution in [1.29, 1.82) is 0 Å². The van der Waals surface area contributed by atoms with E-state index < -0.39 is 0 Å². The van der Waals surface area contributed by atoms with Crippen LogP contribution in [0.25, 0.3) is 0 Å². The number of amidine groups is 1. The van der Waals surface area contributed by atoms with Crippen LogP contribution in [0.4, 0.5) is 0 Å². The normalized spacial score (nSPS) is 12.5. The summed E-state index contributed by atoms with van der Waals surface area (Å²) >= 11 is 0. The number of rotatable bonds is 8. The number of nitrogens with zero attached hydrogens (tertiary/aromatic N) is 1. The summed E-state index contributed by atoms with van der Waals surface area (Å²) in [4.78, 5) is 0. The number of benzene rings is 1. The molecule has 1 aromatic carbocycles. The summed E-state index contributed by atoms with van der Waals surface area (Å²) < 4.78 is 10.8. The van der Waals surface area contributed by atoms with Crippen LogP contribution in [0.5, 0.6) is 5.75 Å². The van der Waals surface area contributed by atoms with Crippen molar-refractivity contribution in [3.05, 3.63) is 29.3 Å². The average Bonchev–Trinajstić information content (AvgIpc) is 2.46. The van der Waals surface area contributed by atoms with Crippen LogP contribution in [0.15, 0.2) is 23.4 Å². The molecule has 0 aliphatic rings. The Hall–Kier alpha value is -1.79. The SMILES string of the molecule is CCOC(C)(C)CNCc1ccc(OC)c(/C(N)=N/O)c1. The topological polar surface area (TPSA) is 89.1 Å². The number of hydrogen-bond acceptors (Lipinski definition) is 5. The predicted octanol–water partition coefficient (Wildman–Crippen LogP) is 1.69. The molecule has 0 bridgehead atoms. The highest BCUT2D eigenvalue weighted by atomic mass is 16.5. The molecule has 0 saturated carbocycles. The molecule has 118 valence electrons. The van der Waals surface area contributed by atoms with Gasteiger partial charge < -0.3 is 25.7 Å². The Morgan fingerprint density at radius 3 is 2.71 bits per heavy atom. The Morgan fingerprint density at radius 1 is 1.43 bits per heavy atom. The molecule has 1 rings (SSSR count). The van der Waals surface area contributed by atoms with Gasteiger partial charge in [0.25, 0.3) is 0 Å². The maximum Gasteiger partial charge on any atom is 0.173 e. The summed E-state index contributed by atoms with van der Waals surface area (Å²) in [6.45, 7) is 8.13. The zero-order valence-corrected chi connectivity index (χ0v) is 13.1. The number of nitrogens with two attached hydrogens (primary N) is 1. The van der Waals surface area contributed by atoms with E-state index in [0.717, 1.165) is 12.1 Å². The van der Waals surface area contributed by atoms with E-state index in [-0.39, 0.29) is 11.4 Å². The van der Waals surface area contributed by atoms with Crippen LogP contribution in [-0.4, -0.2) is 36.9 Å². The molecule has 1 aromatic rings. The molecule has 0 aromatic heterocycles. The van der Waals surface area contributed by atoms with E-state index in [2.05, 4.69) is 10.5 Å². The van der Waals surface area contributed by atoms with Crippen LogP contribution in [0.1, 0.15) is 31.9 Å². The first-order valence-electron chi connectivity index (χ1n) is 6.93. The number of ether oxygens (including phenoxy) is 2. The van der Waals surface area contributed by atoms with Crippen molar-refractivity contribution >= 4 is 5.84 Å². The molecular formula is C15H25N3O3. The van der Waals surface area contributed by atoms with E-state index in [0.29, 0.717) is 24.5 Å². The van der Waals surface area contributed by atoms with E-state index in [9.17, 15) is 0 Å². The highest BCUT2D eigenvalue weighted by molar-refractivity contribution is 5.99. The lowest BCUT2D eigenvalue weighted by Crippen LogP contribution is -2.37. The van der Waals surface area contributed by atoms with Crippen molar-refractivity contribution in [2.24, 2.45) is 10.9 Å². The Morgan fingerprint density at radius 2 is 2.14 bits per heavy atom. The molecule has 0 atom stereocenters. The number of methoxy groups -OCH3 is 1. The van der Waals surface area contributed by atoms with Crippen LogP contribution in [0, 0.1) is 0 Å². The van der Waals surface area contributed by atoms with Gasteiger partial charge in [0.1, 0.15) is 5.75 Å². The number of oxime groups is 1. The van der Waals surface area contributed by atoms with Gasteiger partial charge in [-0.05, 0) is 38.5 Å². The first-order valence-corrected chi connectivity index (χ1v) is 6.93. The summed E-state index contributed by atoms with van der Waals surface area (Å²) in [5.41, 5.74) is 7.03. The molecule has 21 heavy (non-hydrogen) atoms. The monoisotopic (exact) mass is 295 g/mol. The third-order valence-electron chi connectivity index (χ3n) is 3.06. The fraction of sp³-hybridized carbons (Fsp3) is 0.533. The van der Waals surface area contributed by atoms with Crippen LogP contribution < -0.4 is 15.8 Å². The second-order valence-corrected chi connectivity index (χ2v) is 5.32. The minimum absolute atomic E-state index is 0.0309. The van der Waals surface area contributed by atoms with Crippen molar-refractivity contribution < 1.29 is 14.7 Å². The predicted molar refractivity (Wildman–Crippen MR) is 82.9 cm³/mol. The maximum absolute atomic E-state index is 8.82. The van der Waals surface area contributed by atoms with Gasteiger partial charge in [-0.25, -0.2) is 0 Å². The third-order valence-corrected chi connectivity index (χ3v) is 3.06. The lowest BCUT2D eigenvalue weighted by molar-refractivity contribution is -0.00897. The molecule has 0 amide bonds. The number of hydrogen-bond donors (Lipinski definition) is 3. The molecule has 6 nitrogen and oxygen atoms in total. The molecule has 0 saturated heterocycles. The highest BCUT2D eigenvalue weighted by Gasteiger charge is 2.16. The molecule has 0 fully saturated rings. The standard InChI is InChI=1S/C15H25N3O3/c1-5-21-15(2,3)10-17-9-11-6-7-13(20-4)12(8-11)14(16)18-19/h6-8,17,19H,5,9-10H2,1-4H3,(H2,16,18). The molecule has 0 heterocycles. The van der Waals surface area contributed by atoms with Gasteiger partial charge >= 0.3 is 0 Å². The van der Waals surface area contributed by atoms with Gasteiger partial charge in [0.05, 0.1) is 18.3 Å². The summed E-state index contributed by atoms with van der Waals surface area (Å²) in [7, 11) is 1.55. The molecule has 0 spiro atoms. The lowest BCUT2D eigenvalue weighted by Gasteiger charge is -2.25. The first kappa shape index (κ1) is 17.3. The van der Waals surface area contributed by atoms with Gasteiger partial charge in [-0.1, -0.05) is 11.2 Å². The Bertz CT molecular complexity index is 487. The molecule has 6 heteroatoms. The Kier molecular flexibility index (Phi) is 6.45. The largest absolute Gasteiger partial charge is 0.496 e. The van der Waals surface area contributed by atoms with E-state index in [4.69, 9.17) is 20.4 Å². The van der Waals surface area contributed by atoms with Crippen molar-refractivity contribution in [2.45, 2.75) is 32.9 Å². The smallest absolute Gasteiger partial charge is 0.173 e. The molecule has 0 aliphatic carbocycles. The fourth-order valence-corrected chi connectivity index (χ4v) is 2.07. The van der Waals surface area contributed by atoms with Gasteiger partial charge in [0.15, 0.2) is 5.84 Å². The first-order chi connectivity index (χ1) is 9.93. The molecule has 4 N–H and O–H groups in total. The zero-order valence-electron chi connectivity index (χ0n) is 13.1. The van der Waals surface area contributed by atoms with Crippen molar-refractivity contribution in [3.8, 4) is 5.75 Å². The lowest BCUT2D eigenvalue weighted by atomic mass is 10.1. The summed E-state index contributed by atoms with van der Waals surface area (Å²) in [6.07, 6.45) is 0. The van der Waals surface area contributed by atoms with E-state index >= 15 is 0 Å². The molecule has 0 aliphatic heterocycles. The van der Waals surface area contributed by atoms with Crippen LogP contribution >= 0.6 is 0 Å². The van der Waals surface area contributed by atoms with Gasteiger partial charge in [0, 0.05) is 19.7 Å². The highest BCUT2D eigenvalue weighted by Crippen LogP contribution is 2.19. The van der Waals surface area contributed by atoms with Gasteiger partial charge in [-0.3, -0.25) is 0 Å². The molecule has 0 radical (unpaired) electrons. The van der Waals surface area contributed by atoms with Gasteiger partial charge in [-0.15, -0.1) is 0 Å². The van der Waals surface area contributed by atoms with Crippen LogP contribution in [0.2, 0.25) is 0 Å². The van der Waals surface area contributed by atoms with E-state index in [1.165, 1.54) is 0 Å². The summed E-state index contributed by atoms with van der Waals surface area (Å²) in [5.74, 6) is 0.604. The molecular weight excluding hydrogens is 270 g/mol. The molecule has 0 unspecified atom stereocenters. The second kappa shape index (κ2) is 7.85. The fourth-order valence-electron chi connectivity index (χ4n) is 2.07. The maximum atomic E-state index is 8.82. The van der Waals surface area contributed by atoms with Crippen molar-refractivity contribution in [3.63, 3.8) is 0 Å². The van der Waals surface area contributed by atoms with Gasteiger partial charge in [-0.2, -0.15) is 0 Å². The second-order valence-electron chi connectivity index (χ2n) is 5.32. The van der Waals surface area contributed by atoms with Crippen molar-refractivity contribution in [1.82, 2.24) is 5.32 Å². The van der Waals surface area contributed by atoms with Crippen molar-refractivity contribution in [2.75, 3.05) is 20.3 Å². The summed E-state index contributed by atoms with van der Waals surface area (Å²) in [6, 6.07) is 5.58. The zero-order chi connectivity index (χ0) is 15.9. The van der Waals surface area contributed by atoms with Crippen LogP contribution in [-0.2, 0) is 11.3 Å². The van der Waals surface area contributed by atoms with Gasteiger partial charge in [0.2, 0.25) is 0 Å². The minimum Gasteiger partial charge on any atom is -0.496 e. The average molecular weight is 295 g/mol. The van der Waals surface area contributed by atoms with Crippen LogP contribution in [0.3, 0.4) is 0 Å².